The van der Waals surface area contributed by atoms with E-state index in [1.807, 2.05) is 31.2 Å². The van der Waals surface area contributed by atoms with Crippen LogP contribution in [0.4, 0.5) is 0 Å². The van der Waals surface area contributed by atoms with Crippen LogP contribution in [0.3, 0.4) is 0 Å². The van der Waals surface area contributed by atoms with E-state index in [9.17, 15) is 0 Å². The average Bonchev–Trinajstić information content (AvgIpc) is 2.47. The minimum absolute atomic E-state index is 0.218. The molecule has 0 aliphatic rings. The van der Waals surface area contributed by atoms with Crippen molar-refractivity contribution in [1.82, 2.24) is 10.3 Å². The van der Waals surface area contributed by atoms with E-state index < -0.39 is 0 Å². The summed E-state index contributed by atoms with van der Waals surface area (Å²) in [6.07, 6.45) is 0.218. The summed E-state index contributed by atoms with van der Waals surface area (Å²) in [5.74, 6) is 0.812. The molecule has 0 aliphatic heterocycles. The van der Waals surface area contributed by atoms with Crippen LogP contribution in [0, 0.1) is 0 Å². The lowest BCUT2D eigenvalue weighted by atomic mass is 10.2. The first kappa shape index (κ1) is 14.8. The van der Waals surface area contributed by atoms with Gasteiger partial charge in [0.05, 0.1) is 18.9 Å². The Kier molecular flexibility index (Phi) is 5.32. The number of nitrogens with zero attached hydrogens (tertiary/aromatic N) is 1. The highest BCUT2D eigenvalue weighted by atomic mass is 16.5. The number of hydrogen-bond donors (Lipinski definition) is 1. The van der Waals surface area contributed by atoms with Crippen molar-refractivity contribution in [2.45, 2.75) is 26.5 Å². The summed E-state index contributed by atoms with van der Waals surface area (Å²) in [5, 5.41) is 4.45. The summed E-state index contributed by atoms with van der Waals surface area (Å²) in [5.41, 5.74) is 1.91. The number of rotatable bonds is 7. The summed E-state index contributed by atoms with van der Waals surface area (Å²) >= 11 is 0. The minimum atomic E-state index is 0.218. The molecule has 0 saturated carbocycles. The maximum atomic E-state index is 5.48. The molecule has 2 rings (SSSR count). The smallest absolute Gasteiger partial charge is 0.145 e. The number of nitrogens with one attached hydrogen (secondary N) is 1. The molecule has 0 saturated heterocycles. The van der Waals surface area contributed by atoms with Gasteiger partial charge in [0.2, 0.25) is 0 Å². The van der Waals surface area contributed by atoms with Crippen LogP contribution < -0.4 is 10.1 Å². The normalized spacial score (nSPS) is 12.6. The van der Waals surface area contributed by atoms with Crippen molar-refractivity contribution in [3.05, 3.63) is 36.0 Å². The van der Waals surface area contributed by atoms with Crippen molar-refractivity contribution in [2.24, 2.45) is 0 Å². The van der Waals surface area contributed by atoms with Crippen molar-refractivity contribution in [3.63, 3.8) is 0 Å². The van der Waals surface area contributed by atoms with Gasteiger partial charge in [-0.3, -0.25) is 0 Å². The second-order valence-corrected chi connectivity index (χ2v) is 4.73. The van der Waals surface area contributed by atoms with Crippen LogP contribution in [0.25, 0.3) is 10.9 Å². The first-order chi connectivity index (χ1) is 9.74. The Morgan fingerprint density at radius 2 is 2.10 bits per heavy atom. The van der Waals surface area contributed by atoms with Gasteiger partial charge in [0, 0.05) is 25.1 Å². The number of benzene rings is 1. The zero-order chi connectivity index (χ0) is 14.4. The second kappa shape index (κ2) is 7.22. The number of pyridine rings is 1. The Bertz CT molecular complexity index is 557. The third-order valence-corrected chi connectivity index (χ3v) is 3.15. The Labute approximate surface area is 120 Å². The molecule has 0 bridgehead atoms. The number of hydrogen-bond acceptors (Lipinski definition) is 4. The van der Waals surface area contributed by atoms with Crippen LogP contribution >= 0.6 is 0 Å². The van der Waals surface area contributed by atoms with Crippen molar-refractivity contribution >= 4 is 10.9 Å². The molecule has 1 heterocycles. The Hall–Kier alpha value is -1.65. The number of aromatic nitrogens is 1. The van der Waals surface area contributed by atoms with Crippen molar-refractivity contribution in [1.29, 1.82) is 0 Å². The highest BCUT2D eigenvalue weighted by molar-refractivity contribution is 5.84. The fourth-order valence-electron chi connectivity index (χ4n) is 2.17. The zero-order valence-electron chi connectivity index (χ0n) is 12.3. The molecular weight excluding hydrogens is 252 g/mol. The molecule has 1 aromatic heterocycles. The lowest BCUT2D eigenvalue weighted by Crippen LogP contribution is -2.26. The van der Waals surface area contributed by atoms with Crippen molar-refractivity contribution in [2.75, 3.05) is 20.3 Å². The van der Waals surface area contributed by atoms with Gasteiger partial charge >= 0.3 is 0 Å². The average molecular weight is 274 g/mol. The molecule has 2 aromatic rings. The fraction of sp³-hybridized carbons (Fsp3) is 0.438. The molecule has 4 heteroatoms. The van der Waals surface area contributed by atoms with Gasteiger partial charge in [0.15, 0.2) is 0 Å². The van der Waals surface area contributed by atoms with E-state index in [-0.39, 0.29) is 6.10 Å². The van der Waals surface area contributed by atoms with E-state index in [2.05, 4.69) is 23.3 Å². The first-order valence-electron chi connectivity index (χ1n) is 6.99. The predicted molar refractivity (Wildman–Crippen MR) is 81.1 cm³/mol. The number of para-hydroxylation sites is 1. The van der Waals surface area contributed by atoms with Crippen LogP contribution in [0.1, 0.15) is 19.5 Å². The van der Waals surface area contributed by atoms with E-state index in [0.717, 1.165) is 42.0 Å². The van der Waals surface area contributed by atoms with Crippen LogP contribution in [-0.4, -0.2) is 31.3 Å². The topological polar surface area (TPSA) is 43.4 Å². The van der Waals surface area contributed by atoms with Crippen LogP contribution in [0.15, 0.2) is 30.3 Å². The molecule has 1 N–H and O–H groups in total. The van der Waals surface area contributed by atoms with Crippen LogP contribution in [0.2, 0.25) is 0 Å². The van der Waals surface area contributed by atoms with Crippen molar-refractivity contribution in [3.8, 4) is 5.75 Å². The lowest BCUT2D eigenvalue weighted by molar-refractivity contribution is 0.0759. The number of fused-ring (bicyclic) bond motifs is 1. The maximum Gasteiger partial charge on any atom is 0.145 e. The third kappa shape index (κ3) is 3.68. The van der Waals surface area contributed by atoms with Crippen molar-refractivity contribution < 1.29 is 9.47 Å². The highest BCUT2D eigenvalue weighted by Gasteiger charge is 2.05. The fourth-order valence-corrected chi connectivity index (χ4v) is 2.17. The summed E-state index contributed by atoms with van der Waals surface area (Å²) in [4.78, 5) is 4.66. The number of ether oxygens (including phenoxy) is 2. The van der Waals surface area contributed by atoms with E-state index in [4.69, 9.17) is 9.47 Å². The zero-order valence-corrected chi connectivity index (χ0v) is 12.3. The molecule has 0 aliphatic carbocycles. The third-order valence-electron chi connectivity index (χ3n) is 3.15. The predicted octanol–water partition coefficient (Wildman–Crippen LogP) is 2.76. The molecule has 4 nitrogen and oxygen atoms in total. The maximum absolute atomic E-state index is 5.48. The monoisotopic (exact) mass is 274 g/mol. The van der Waals surface area contributed by atoms with E-state index in [0.29, 0.717) is 0 Å². The Morgan fingerprint density at radius 1 is 1.25 bits per heavy atom. The number of methoxy groups -OCH3 is 1. The summed E-state index contributed by atoms with van der Waals surface area (Å²) in [7, 11) is 1.67. The van der Waals surface area contributed by atoms with E-state index >= 15 is 0 Å². The molecule has 0 amide bonds. The minimum Gasteiger partial charge on any atom is -0.494 e. The van der Waals surface area contributed by atoms with Gasteiger partial charge in [-0.25, -0.2) is 4.98 Å². The quantitative estimate of drug-likeness (QED) is 0.843. The highest BCUT2D eigenvalue weighted by Crippen LogP contribution is 2.23. The Morgan fingerprint density at radius 3 is 2.85 bits per heavy atom. The van der Waals surface area contributed by atoms with Gasteiger partial charge in [-0.05, 0) is 26.0 Å². The molecule has 0 fully saturated rings. The first-order valence-corrected chi connectivity index (χ1v) is 6.99. The molecule has 20 heavy (non-hydrogen) atoms. The molecule has 1 atom stereocenters. The van der Waals surface area contributed by atoms with Gasteiger partial charge < -0.3 is 14.8 Å². The molecule has 0 spiro atoms. The van der Waals surface area contributed by atoms with Crippen LogP contribution in [0.5, 0.6) is 5.75 Å². The molecular formula is C16H22N2O2. The lowest BCUT2D eigenvalue weighted by Gasteiger charge is -2.12. The summed E-state index contributed by atoms with van der Waals surface area (Å²) in [6.45, 7) is 6.36. The van der Waals surface area contributed by atoms with Gasteiger partial charge in [-0.1, -0.05) is 18.2 Å². The molecule has 0 radical (unpaired) electrons. The van der Waals surface area contributed by atoms with Gasteiger partial charge in [-0.2, -0.15) is 0 Å². The Balaban J connectivity index is 2.04. The van der Waals surface area contributed by atoms with E-state index in [1.165, 1.54) is 0 Å². The molecule has 108 valence electrons. The summed E-state index contributed by atoms with van der Waals surface area (Å²) < 4.78 is 10.8. The van der Waals surface area contributed by atoms with Gasteiger partial charge in [0.25, 0.3) is 0 Å². The van der Waals surface area contributed by atoms with Gasteiger partial charge in [-0.15, -0.1) is 0 Å². The standard InChI is InChI=1S/C16H22N2O2/c1-4-20-12(2)10-17-11-14-9-8-13-6-5-7-15(19-3)16(13)18-14/h5-9,12,17H,4,10-11H2,1-3H3. The van der Waals surface area contributed by atoms with Gasteiger partial charge in [0.1, 0.15) is 11.3 Å². The molecule has 1 unspecified atom stereocenters. The second-order valence-electron chi connectivity index (χ2n) is 4.73. The van der Waals surface area contributed by atoms with Crippen LogP contribution in [-0.2, 0) is 11.3 Å². The van der Waals surface area contributed by atoms with E-state index in [1.54, 1.807) is 7.11 Å². The summed E-state index contributed by atoms with van der Waals surface area (Å²) in [6, 6.07) is 10.1. The largest absolute Gasteiger partial charge is 0.494 e. The molecule has 1 aromatic carbocycles. The SMILES string of the molecule is CCOC(C)CNCc1ccc2cccc(OC)c2n1.